The van der Waals surface area contributed by atoms with E-state index in [0.717, 1.165) is 12.1 Å². The van der Waals surface area contributed by atoms with Gasteiger partial charge in [0.2, 0.25) is 0 Å². The number of rotatable bonds is 4. The van der Waals surface area contributed by atoms with Crippen molar-refractivity contribution in [3.63, 3.8) is 0 Å². The molecule has 1 heterocycles. The predicted octanol–water partition coefficient (Wildman–Crippen LogP) is 1.86. The van der Waals surface area contributed by atoms with Gasteiger partial charge in [0.15, 0.2) is 0 Å². The van der Waals surface area contributed by atoms with Crippen LogP contribution in [0.5, 0.6) is 0 Å². The number of hydrogen-bond donors (Lipinski definition) is 0. The topological polar surface area (TPSA) is 30.7 Å². The Morgan fingerprint density at radius 2 is 2.08 bits per heavy atom. The second-order valence-electron chi connectivity index (χ2n) is 3.20. The molecule has 0 saturated carbocycles. The van der Waals surface area contributed by atoms with Crippen LogP contribution in [-0.2, 0) is 13.5 Å². The molecule has 3 heteroatoms. The molecule has 0 spiro atoms. The van der Waals surface area contributed by atoms with Crippen LogP contribution in [0.2, 0.25) is 0 Å². The number of unbranched alkanes of at least 4 members (excludes halogenated alkanes) is 2. The zero-order valence-electron chi connectivity index (χ0n) is 8.17. The number of nitrogens with zero attached hydrogens (tertiary/aromatic N) is 3. The average molecular weight is 167 g/mol. The summed E-state index contributed by atoms with van der Waals surface area (Å²) in [5, 5.41) is 7.97. The van der Waals surface area contributed by atoms with Crippen molar-refractivity contribution in [1.82, 2.24) is 15.0 Å². The van der Waals surface area contributed by atoms with Crippen LogP contribution in [-0.4, -0.2) is 15.0 Å². The van der Waals surface area contributed by atoms with E-state index in [9.17, 15) is 0 Å². The van der Waals surface area contributed by atoms with Crippen LogP contribution in [0.25, 0.3) is 0 Å². The van der Waals surface area contributed by atoms with Gasteiger partial charge in [0.25, 0.3) is 0 Å². The third-order valence-electron chi connectivity index (χ3n) is 2.15. The third-order valence-corrected chi connectivity index (χ3v) is 2.15. The molecule has 68 valence electrons. The molecule has 0 amide bonds. The molecular formula is C9H17N3. The summed E-state index contributed by atoms with van der Waals surface area (Å²) >= 11 is 0. The van der Waals surface area contributed by atoms with Gasteiger partial charge in [0.05, 0.1) is 11.4 Å². The van der Waals surface area contributed by atoms with Crippen LogP contribution >= 0.6 is 0 Å². The highest BCUT2D eigenvalue weighted by molar-refractivity contribution is 5.07. The molecule has 0 fully saturated rings. The summed E-state index contributed by atoms with van der Waals surface area (Å²) in [4.78, 5) is 0. The summed E-state index contributed by atoms with van der Waals surface area (Å²) in [6, 6.07) is 0. The Bertz CT molecular complexity index is 220. The molecule has 0 atom stereocenters. The van der Waals surface area contributed by atoms with Crippen molar-refractivity contribution in [2.45, 2.75) is 39.5 Å². The molecule has 0 unspecified atom stereocenters. The highest BCUT2D eigenvalue weighted by atomic mass is 15.4. The Morgan fingerprint density at radius 3 is 2.58 bits per heavy atom. The molecule has 0 aliphatic carbocycles. The Kier molecular flexibility index (Phi) is 3.26. The van der Waals surface area contributed by atoms with Crippen molar-refractivity contribution in [2.24, 2.45) is 7.05 Å². The van der Waals surface area contributed by atoms with Gasteiger partial charge in [-0.05, 0) is 19.8 Å². The fourth-order valence-corrected chi connectivity index (χ4v) is 1.37. The first kappa shape index (κ1) is 9.23. The quantitative estimate of drug-likeness (QED) is 0.641. The Balaban J connectivity index is 2.50. The minimum absolute atomic E-state index is 1.08. The van der Waals surface area contributed by atoms with Gasteiger partial charge in [-0.25, -0.2) is 0 Å². The predicted molar refractivity (Wildman–Crippen MR) is 49.0 cm³/mol. The summed E-state index contributed by atoms with van der Waals surface area (Å²) in [6.07, 6.45) is 4.93. The molecule has 3 nitrogen and oxygen atoms in total. The zero-order chi connectivity index (χ0) is 8.97. The second kappa shape index (κ2) is 4.24. The smallest absolute Gasteiger partial charge is 0.0828 e. The first-order chi connectivity index (χ1) is 5.75. The van der Waals surface area contributed by atoms with E-state index in [1.807, 2.05) is 18.7 Å². The lowest BCUT2D eigenvalue weighted by atomic mass is 10.1. The van der Waals surface area contributed by atoms with Gasteiger partial charge >= 0.3 is 0 Å². The molecule has 0 aliphatic heterocycles. The van der Waals surface area contributed by atoms with Crippen molar-refractivity contribution < 1.29 is 0 Å². The molecule has 0 aliphatic rings. The maximum absolute atomic E-state index is 4.01. The molecule has 0 bridgehead atoms. The van der Waals surface area contributed by atoms with Crippen LogP contribution in [0.3, 0.4) is 0 Å². The van der Waals surface area contributed by atoms with E-state index < -0.39 is 0 Å². The van der Waals surface area contributed by atoms with Crippen LogP contribution in [0, 0.1) is 6.92 Å². The molecular weight excluding hydrogens is 150 g/mol. The zero-order valence-corrected chi connectivity index (χ0v) is 8.17. The number of hydrogen-bond acceptors (Lipinski definition) is 2. The first-order valence-corrected chi connectivity index (χ1v) is 4.61. The van der Waals surface area contributed by atoms with E-state index in [1.165, 1.54) is 25.0 Å². The fourth-order valence-electron chi connectivity index (χ4n) is 1.37. The third kappa shape index (κ3) is 2.06. The Hall–Kier alpha value is -0.860. The van der Waals surface area contributed by atoms with Crippen molar-refractivity contribution in [1.29, 1.82) is 0 Å². The van der Waals surface area contributed by atoms with E-state index in [4.69, 9.17) is 0 Å². The molecule has 12 heavy (non-hydrogen) atoms. The molecule has 0 aromatic carbocycles. The summed E-state index contributed by atoms with van der Waals surface area (Å²) in [7, 11) is 1.96. The highest BCUT2D eigenvalue weighted by Crippen LogP contribution is 2.07. The van der Waals surface area contributed by atoms with Gasteiger partial charge in [0, 0.05) is 7.05 Å². The van der Waals surface area contributed by atoms with Crippen LogP contribution in [0.1, 0.15) is 37.6 Å². The van der Waals surface area contributed by atoms with Gasteiger partial charge < -0.3 is 0 Å². The van der Waals surface area contributed by atoms with Gasteiger partial charge in [-0.3, -0.25) is 4.68 Å². The Morgan fingerprint density at radius 1 is 1.33 bits per heavy atom. The standard InChI is InChI=1S/C9H17N3/c1-4-5-6-7-9-8(2)10-11-12(9)3/h4-7H2,1-3H3. The molecule has 1 aromatic heterocycles. The average Bonchev–Trinajstić information content (AvgIpc) is 2.35. The van der Waals surface area contributed by atoms with E-state index >= 15 is 0 Å². The second-order valence-corrected chi connectivity index (χ2v) is 3.20. The molecule has 1 rings (SSSR count). The lowest BCUT2D eigenvalue weighted by molar-refractivity contribution is 0.639. The van der Waals surface area contributed by atoms with Gasteiger partial charge in [0.1, 0.15) is 0 Å². The van der Waals surface area contributed by atoms with Gasteiger partial charge in [-0.1, -0.05) is 25.0 Å². The lowest BCUT2D eigenvalue weighted by Crippen LogP contribution is -1.99. The SMILES string of the molecule is CCCCCc1c(C)nnn1C. The molecule has 1 aromatic rings. The van der Waals surface area contributed by atoms with Crippen LogP contribution in [0.15, 0.2) is 0 Å². The van der Waals surface area contributed by atoms with Crippen LogP contribution < -0.4 is 0 Å². The first-order valence-electron chi connectivity index (χ1n) is 4.61. The van der Waals surface area contributed by atoms with Crippen molar-refractivity contribution in [2.75, 3.05) is 0 Å². The van der Waals surface area contributed by atoms with E-state index in [2.05, 4.69) is 17.2 Å². The summed E-state index contributed by atoms with van der Waals surface area (Å²) in [6.45, 7) is 4.24. The van der Waals surface area contributed by atoms with Crippen molar-refractivity contribution in [3.8, 4) is 0 Å². The number of aryl methyl sites for hydroxylation is 2. The van der Waals surface area contributed by atoms with E-state index in [-0.39, 0.29) is 0 Å². The van der Waals surface area contributed by atoms with Gasteiger partial charge in [-0.2, -0.15) is 0 Å². The minimum Gasteiger partial charge on any atom is -0.252 e. The Labute approximate surface area is 73.8 Å². The monoisotopic (exact) mass is 167 g/mol. The number of aromatic nitrogens is 3. The molecule has 0 N–H and O–H groups in total. The van der Waals surface area contributed by atoms with Gasteiger partial charge in [-0.15, -0.1) is 5.10 Å². The largest absolute Gasteiger partial charge is 0.252 e. The molecule has 0 radical (unpaired) electrons. The van der Waals surface area contributed by atoms with E-state index in [1.54, 1.807) is 0 Å². The maximum Gasteiger partial charge on any atom is 0.0828 e. The fraction of sp³-hybridized carbons (Fsp3) is 0.778. The normalized spacial score (nSPS) is 10.6. The lowest BCUT2D eigenvalue weighted by Gasteiger charge is -2.00. The maximum atomic E-state index is 4.01. The summed E-state index contributed by atoms with van der Waals surface area (Å²) < 4.78 is 1.88. The summed E-state index contributed by atoms with van der Waals surface area (Å²) in [5.41, 5.74) is 2.36. The van der Waals surface area contributed by atoms with Crippen molar-refractivity contribution in [3.05, 3.63) is 11.4 Å². The molecule has 0 saturated heterocycles. The highest BCUT2D eigenvalue weighted by Gasteiger charge is 2.04. The minimum atomic E-state index is 1.08. The van der Waals surface area contributed by atoms with Crippen LogP contribution in [0.4, 0.5) is 0 Å². The van der Waals surface area contributed by atoms with Crippen molar-refractivity contribution >= 4 is 0 Å². The summed E-state index contributed by atoms with van der Waals surface area (Å²) in [5.74, 6) is 0. The van der Waals surface area contributed by atoms with E-state index in [0.29, 0.717) is 0 Å².